The molecule has 1 aromatic heterocycles. The summed E-state index contributed by atoms with van der Waals surface area (Å²) >= 11 is 1.45. The van der Waals surface area contributed by atoms with E-state index in [-0.39, 0.29) is 18.3 Å². The molecule has 2 heterocycles. The van der Waals surface area contributed by atoms with E-state index in [2.05, 4.69) is 22.3 Å². The molecule has 5 nitrogen and oxygen atoms in total. The van der Waals surface area contributed by atoms with E-state index in [0.29, 0.717) is 16.1 Å². The fraction of sp³-hybridized carbons (Fsp3) is 0.143. The molecule has 0 bridgehead atoms. The maximum Gasteiger partial charge on any atom is 0.256 e. The summed E-state index contributed by atoms with van der Waals surface area (Å²) in [4.78, 5) is 28.7. The average Bonchev–Trinajstić information content (AvgIpc) is 3.22. The third kappa shape index (κ3) is 5.46. The molecule has 0 fully saturated rings. The number of thiophene rings is 1. The molecule has 4 aromatic rings. The van der Waals surface area contributed by atoms with Crippen molar-refractivity contribution in [1.29, 1.82) is 0 Å². The number of nitrogens with two attached hydrogens (primary N) is 1. The number of hydrogen-bond acceptors (Lipinski definition) is 4. The second-order valence-corrected chi connectivity index (χ2v) is 9.52. The third-order valence-corrected chi connectivity index (χ3v) is 7.24. The molecule has 0 saturated heterocycles. The third-order valence-electron chi connectivity index (χ3n) is 6.11. The first-order valence-electron chi connectivity index (χ1n) is 11.3. The van der Waals surface area contributed by atoms with E-state index in [0.717, 1.165) is 47.6 Å². The van der Waals surface area contributed by atoms with Crippen LogP contribution in [-0.2, 0) is 19.5 Å². The Morgan fingerprint density at radius 2 is 1.51 bits per heavy atom. The van der Waals surface area contributed by atoms with Crippen molar-refractivity contribution in [2.24, 2.45) is 5.73 Å². The van der Waals surface area contributed by atoms with Gasteiger partial charge in [-0.15, -0.1) is 23.7 Å². The van der Waals surface area contributed by atoms with Crippen LogP contribution in [0.25, 0.3) is 11.1 Å². The summed E-state index contributed by atoms with van der Waals surface area (Å²) in [5, 5.41) is 3.49. The van der Waals surface area contributed by atoms with E-state index in [4.69, 9.17) is 5.73 Å². The second-order valence-electron chi connectivity index (χ2n) is 8.42. The van der Waals surface area contributed by atoms with Gasteiger partial charge in [0.05, 0.1) is 5.56 Å². The predicted molar refractivity (Wildman–Crippen MR) is 144 cm³/mol. The van der Waals surface area contributed by atoms with Gasteiger partial charge in [0.1, 0.15) is 5.00 Å². The zero-order valence-corrected chi connectivity index (χ0v) is 20.7. The Balaban J connectivity index is 0.00000289. The van der Waals surface area contributed by atoms with Gasteiger partial charge in [-0.3, -0.25) is 14.5 Å². The Kier molecular flexibility index (Phi) is 7.66. The van der Waals surface area contributed by atoms with Gasteiger partial charge in [-0.1, -0.05) is 72.8 Å². The molecule has 7 heteroatoms. The molecule has 3 aromatic carbocycles. The number of halogens is 1. The number of benzene rings is 3. The van der Waals surface area contributed by atoms with Crippen molar-refractivity contribution >= 4 is 40.6 Å². The monoisotopic (exact) mass is 503 g/mol. The number of carbonyl (C=O) groups excluding carboxylic acids is 2. The number of nitrogens with one attached hydrogen (secondary N) is 1. The van der Waals surface area contributed by atoms with Crippen molar-refractivity contribution in [1.82, 2.24) is 4.90 Å². The lowest BCUT2D eigenvalue weighted by Crippen LogP contribution is -2.30. The average molecular weight is 504 g/mol. The van der Waals surface area contributed by atoms with E-state index in [1.807, 2.05) is 60.7 Å². The van der Waals surface area contributed by atoms with Gasteiger partial charge in [0.2, 0.25) is 0 Å². The first-order valence-corrected chi connectivity index (χ1v) is 12.1. The fourth-order valence-electron chi connectivity index (χ4n) is 4.40. The number of anilines is 1. The first-order chi connectivity index (χ1) is 16.6. The van der Waals surface area contributed by atoms with Crippen molar-refractivity contribution in [2.75, 3.05) is 11.9 Å². The van der Waals surface area contributed by atoms with Gasteiger partial charge in [-0.2, -0.15) is 0 Å². The molecule has 0 aliphatic carbocycles. The maximum atomic E-state index is 13.0. The summed E-state index contributed by atoms with van der Waals surface area (Å²) in [6.45, 7) is 2.42. The van der Waals surface area contributed by atoms with Crippen molar-refractivity contribution in [3.05, 3.63) is 112 Å². The van der Waals surface area contributed by atoms with E-state index in [1.165, 1.54) is 16.9 Å². The lowest BCUT2D eigenvalue weighted by atomic mass is 10.0. The van der Waals surface area contributed by atoms with E-state index in [1.54, 1.807) is 12.1 Å². The normalized spacial score (nSPS) is 12.9. The molecule has 0 radical (unpaired) electrons. The fourth-order valence-corrected chi connectivity index (χ4v) is 5.69. The number of primary amides is 1. The largest absolute Gasteiger partial charge is 0.365 e. The highest BCUT2D eigenvalue weighted by molar-refractivity contribution is 7.17. The second kappa shape index (κ2) is 10.9. The number of carbonyl (C=O) groups is 2. The summed E-state index contributed by atoms with van der Waals surface area (Å²) in [6, 6.07) is 27.8. The molecule has 0 unspecified atom stereocenters. The molecule has 0 atom stereocenters. The van der Waals surface area contributed by atoms with E-state index < -0.39 is 5.91 Å². The molecule has 2 amide bonds. The minimum absolute atomic E-state index is 0. The van der Waals surface area contributed by atoms with Crippen molar-refractivity contribution in [3.63, 3.8) is 0 Å². The molecule has 1 aliphatic rings. The highest BCUT2D eigenvalue weighted by atomic mass is 35.5. The van der Waals surface area contributed by atoms with Gasteiger partial charge in [-0.25, -0.2) is 0 Å². The molecule has 178 valence electrons. The highest BCUT2D eigenvalue weighted by Gasteiger charge is 2.28. The maximum absolute atomic E-state index is 13.0. The highest BCUT2D eigenvalue weighted by Crippen LogP contribution is 2.37. The summed E-state index contributed by atoms with van der Waals surface area (Å²) in [5.74, 6) is -0.745. The number of rotatable bonds is 6. The standard InChI is InChI=1S/C28H25N3O2S.ClH/c29-26(32)25-23-15-16-31(17-19-7-3-1-4-8-19)18-24(23)34-28(25)30-27(33)22-13-11-21(12-14-22)20-9-5-2-6-10-20;/h1-14H,15-18H2,(H2,29,32)(H,30,33);1H. The molecule has 0 spiro atoms. The van der Waals surface area contributed by atoms with Crippen LogP contribution in [0.15, 0.2) is 84.9 Å². The van der Waals surface area contributed by atoms with Crippen LogP contribution in [0.5, 0.6) is 0 Å². The Morgan fingerprint density at radius 3 is 2.17 bits per heavy atom. The predicted octanol–water partition coefficient (Wildman–Crippen LogP) is 5.75. The SMILES string of the molecule is Cl.NC(=O)c1c(NC(=O)c2ccc(-c3ccccc3)cc2)sc2c1CCN(Cc1ccccc1)C2. The van der Waals surface area contributed by atoms with Crippen LogP contribution in [0.1, 0.15) is 36.7 Å². The van der Waals surface area contributed by atoms with Gasteiger partial charge < -0.3 is 11.1 Å². The Bertz CT molecular complexity index is 1320. The number of hydrogen-bond donors (Lipinski definition) is 2. The number of fused-ring (bicyclic) bond motifs is 1. The topological polar surface area (TPSA) is 75.4 Å². The van der Waals surface area contributed by atoms with Gasteiger partial charge in [0, 0.05) is 30.1 Å². The molecular formula is C28H26ClN3O2S. The molecular weight excluding hydrogens is 478 g/mol. The zero-order valence-electron chi connectivity index (χ0n) is 19.1. The summed E-state index contributed by atoms with van der Waals surface area (Å²) < 4.78 is 0. The minimum Gasteiger partial charge on any atom is -0.365 e. The van der Waals surface area contributed by atoms with Crippen LogP contribution < -0.4 is 11.1 Å². The Morgan fingerprint density at radius 1 is 0.886 bits per heavy atom. The number of amides is 2. The van der Waals surface area contributed by atoms with Crippen LogP contribution in [0.3, 0.4) is 0 Å². The molecule has 5 rings (SSSR count). The van der Waals surface area contributed by atoms with Crippen LogP contribution >= 0.6 is 23.7 Å². The minimum atomic E-state index is -0.497. The van der Waals surface area contributed by atoms with Crippen molar-refractivity contribution in [3.8, 4) is 11.1 Å². The lowest BCUT2D eigenvalue weighted by Gasteiger charge is -2.27. The summed E-state index contributed by atoms with van der Waals surface area (Å²) in [6.07, 6.45) is 0.735. The Hall–Kier alpha value is -3.45. The van der Waals surface area contributed by atoms with Crippen LogP contribution in [0.4, 0.5) is 5.00 Å². The Labute approximate surface area is 215 Å². The van der Waals surface area contributed by atoms with E-state index >= 15 is 0 Å². The van der Waals surface area contributed by atoms with Gasteiger partial charge in [0.25, 0.3) is 11.8 Å². The molecule has 0 saturated carbocycles. The molecule has 1 aliphatic heterocycles. The van der Waals surface area contributed by atoms with Gasteiger partial charge in [-0.05, 0) is 40.8 Å². The lowest BCUT2D eigenvalue weighted by molar-refractivity contribution is 0.0999. The quantitative estimate of drug-likeness (QED) is 0.352. The van der Waals surface area contributed by atoms with Gasteiger partial charge in [0.15, 0.2) is 0 Å². The van der Waals surface area contributed by atoms with Crippen LogP contribution in [-0.4, -0.2) is 23.3 Å². The summed E-state index contributed by atoms with van der Waals surface area (Å²) in [7, 11) is 0. The van der Waals surface area contributed by atoms with Crippen molar-refractivity contribution < 1.29 is 9.59 Å². The number of nitrogens with zero attached hydrogens (tertiary/aromatic N) is 1. The first kappa shape index (κ1) is 24.7. The molecule has 35 heavy (non-hydrogen) atoms. The summed E-state index contributed by atoms with van der Waals surface area (Å²) in [5.41, 5.74) is 11.1. The van der Waals surface area contributed by atoms with Crippen LogP contribution in [0, 0.1) is 0 Å². The van der Waals surface area contributed by atoms with Crippen LogP contribution in [0.2, 0.25) is 0 Å². The molecule has 3 N–H and O–H groups in total. The zero-order chi connectivity index (χ0) is 23.5. The van der Waals surface area contributed by atoms with Crippen molar-refractivity contribution in [2.45, 2.75) is 19.5 Å². The van der Waals surface area contributed by atoms with Gasteiger partial charge >= 0.3 is 0 Å². The van der Waals surface area contributed by atoms with E-state index in [9.17, 15) is 9.59 Å². The smallest absolute Gasteiger partial charge is 0.256 e.